The van der Waals surface area contributed by atoms with Crippen LogP contribution in [0.1, 0.15) is 19.4 Å². The van der Waals surface area contributed by atoms with Crippen LogP contribution in [0.3, 0.4) is 0 Å². The molecule has 0 unspecified atom stereocenters. The lowest BCUT2D eigenvalue weighted by atomic mass is 10.2. The number of hydrogen-bond acceptors (Lipinski definition) is 2. The van der Waals surface area contributed by atoms with E-state index in [4.69, 9.17) is 4.74 Å². The van der Waals surface area contributed by atoms with Crippen molar-refractivity contribution in [1.29, 1.82) is 0 Å². The molecule has 0 aliphatic heterocycles. The molecule has 0 radical (unpaired) electrons. The SMILES string of the molecule is C=C(/C=C\C(C)=C/C)Oc1ccc(C)cc1S. The van der Waals surface area contributed by atoms with E-state index in [0.29, 0.717) is 5.76 Å². The molecule has 1 aromatic carbocycles. The van der Waals surface area contributed by atoms with Crippen molar-refractivity contribution in [2.24, 2.45) is 0 Å². The molecule has 0 aliphatic rings. The predicted molar refractivity (Wildman–Crippen MR) is 76.8 cm³/mol. The number of aryl methyl sites for hydroxylation is 1. The molecule has 1 aromatic rings. The maximum absolute atomic E-state index is 5.61. The summed E-state index contributed by atoms with van der Waals surface area (Å²) in [6, 6.07) is 5.86. The van der Waals surface area contributed by atoms with Gasteiger partial charge >= 0.3 is 0 Å². The summed E-state index contributed by atoms with van der Waals surface area (Å²) in [4.78, 5) is 0.822. The molecular formula is C15H18OS. The standard InChI is InChI=1S/C15H18OS/c1-5-11(2)6-8-13(4)16-14-9-7-12(3)10-15(14)17/h5-10,17H,4H2,1-3H3/b8-6-,11-5-. The van der Waals surface area contributed by atoms with Crippen LogP contribution in [0.2, 0.25) is 0 Å². The van der Waals surface area contributed by atoms with Crippen molar-refractivity contribution in [1.82, 2.24) is 0 Å². The molecule has 0 saturated carbocycles. The van der Waals surface area contributed by atoms with E-state index in [1.807, 2.05) is 57.2 Å². The molecule has 0 bridgehead atoms. The van der Waals surface area contributed by atoms with Gasteiger partial charge in [0.25, 0.3) is 0 Å². The summed E-state index contributed by atoms with van der Waals surface area (Å²) < 4.78 is 5.61. The zero-order valence-corrected chi connectivity index (χ0v) is 11.4. The highest BCUT2D eigenvalue weighted by molar-refractivity contribution is 7.80. The van der Waals surface area contributed by atoms with E-state index >= 15 is 0 Å². The molecule has 2 heteroatoms. The van der Waals surface area contributed by atoms with Gasteiger partial charge in [-0.15, -0.1) is 12.6 Å². The zero-order valence-electron chi connectivity index (χ0n) is 10.5. The van der Waals surface area contributed by atoms with Gasteiger partial charge in [-0.05, 0) is 44.5 Å². The first-order chi connectivity index (χ1) is 8.02. The lowest BCUT2D eigenvalue weighted by Gasteiger charge is -2.08. The van der Waals surface area contributed by atoms with Crippen molar-refractivity contribution >= 4 is 12.6 Å². The van der Waals surface area contributed by atoms with Gasteiger partial charge in [0.15, 0.2) is 0 Å². The van der Waals surface area contributed by atoms with E-state index in [1.165, 1.54) is 5.57 Å². The summed E-state index contributed by atoms with van der Waals surface area (Å²) >= 11 is 4.37. The van der Waals surface area contributed by atoms with Crippen LogP contribution in [0.25, 0.3) is 0 Å². The van der Waals surface area contributed by atoms with Gasteiger partial charge in [0.2, 0.25) is 0 Å². The van der Waals surface area contributed by atoms with Crippen LogP contribution < -0.4 is 4.74 Å². The van der Waals surface area contributed by atoms with Gasteiger partial charge in [0, 0.05) is 4.90 Å². The minimum atomic E-state index is 0.602. The lowest BCUT2D eigenvalue weighted by molar-refractivity contribution is 0.436. The van der Waals surface area contributed by atoms with Crippen LogP contribution in [0, 0.1) is 6.92 Å². The second-order valence-electron chi connectivity index (χ2n) is 3.91. The van der Waals surface area contributed by atoms with Crippen LogP contribution >= 0.6 is 12.6 Å². The van der Waals surface area contributed by atoms with Crippen molar-refractivity contribution in [2.45, 2.75) is 25.7 Å². The highest BCUT2D eigenvalue weighted by Crippen LogP contribution is 2.25. The highest BCUT2D eigenvalue weighted by atomic mass is 32.1. The fraction of sp³-hybridized carbons (Fsp3) is 0.200. The first-order valence-electron chi connectivity index (χ1n) is 5.50. The summed E-state index contributed by atoms with van der Waals surface area (Å²) in [6.07, 6.45) is 5.84. The number of rotatable bonds is 4. The van der Waals surface area contributed by atoms with Gasteiger partial charge in [-0.2, -0.15) is 0 Å². The lowest BCUT2D eigenvalue weighted by Crippen LogP contribution is -1.92. The fourth-order valence-electron chi connectivity index (χ4n) is 1.21. The third-order valence-corrected chi connectivity index (χ3v) is 2.69. The van der Waals surface area contributed by atoms with E-state index in [2.05, 4.69) is 19.2 Å². The van der Waals surface area contributed by atoms with Crippen LogP contribution in [-0.2, 0) is 0 Å². The van der Waals surface area contributed by atoms with Crippen molar-refractivity contribution in [2.75, 3.05) is 0 Å². The highest BCUT2D eigenvalue weighted by Gasteiger charge is 2.01. The molecule has 0 aromatic heterocycles. The Balaban J connectivity index is 2.72. The van der Waals surface area contributed by atoms with Crippen molar-refractivity contribution < 1.29 is 4.74 Å². The molecule has 0 aliphatic carbocycles. The topological polar surface area (TPSA) is 9.23 Å². The van der Waals surface area contributed by atoms with Crippen LogP contribution in [-0.4, -0.2) is 0 Å². The Bertz CT molecular complexity index is 470. The van der Waals surface area contributed by atoms with E-state index < -0.39 is 0 Å². The Kier molecular flexibility index (Phi) is 5.11. The largest absolute Gasteiger partial charge is 0.457 e. The molecule has 0 fully saturated rings. The summed E-state index contributed by atoms with van der Waals surface area (Å²) in [7, 11) is 0. The van der Waals surface area contributed by atoms with Gasteiger partial charge in [0.1, 0.15) is 11.5 Å². The van der Waals surface area contributed by atoms with Crippen molar-refractivity contribution in [3.63, 3.8) is 0 Å². The van der Waals surface area contributed by atoms with Crippen LogP contribution in [0.5, 0.6) is 5.75 Å². The quantitative estimate of drug-likeness (QED) is 0.460. The molecule has 1 rings (SSSR count). The average Bonchev–Trinajstić information content (AvgIpc) is 2.29. The Hall–Kier alpha value is -1.41. The first-order valence-corrected chi connectivity index (χ1v) is 5.95. The molecule has 0 heterocycles. The maximum Gasteiger partial charge on any atom is 0.140 e. The van der Waals surface area contributed by atoms with Crippen LogP contribution in [0.4, 0.5) is 0 Å². The van der Waals surface area contributed by atoms with E-state index in [1.54, 1.807) is 0 Å². The molecule has 0 spiro atoms. The Labute approximate surface area is 109 Å². The van der Waals surface area contributed by atoms with Crippen molar-refractivity contribution in [3.05, 3.63) is 59.9 Å². The third kappa shape index (κ3) is 4.53. The van der Waals surface area contributed by atoms with E-state index in [-0.39, 0.29) is 0 Å². The molecule has 90 valence electrons. The van der Waals surface area contributed by atoms with Gasteiger partial charge in [-0.3, -0.25) is 0 Å². The first kappa shape index (κ1) is 13.7. The van der Waals surface area contributed by atoms with Gasteiger partial charge in [-0.1, -0.05) is 30.4 Å². The number of thiol groups is 1. The van der Waals surface area contributed by atoms with E-state index in [9.17, 15) is 0 Å². The van der Waals surface area contributed by atoms with E-state index in [0.717, 1.165) is 16.2 Å². The zero-order chi connectivity index (χ0) is 12.8. The predicted octanol–water partition coefficient (Wildman–Crippen LogP) is 4.70. The monoisotopic (exact) mass is 246 g/mol. The smallest absolute Gasteiger partial charge is 0.140 e. The Morgan fingerprint density at radius 1 is 1.35 bits per heavy atom. The van der Waals surface area contributed by atoms with Gasteiger partial charge < -0.3 is 4.74 Å². The molecule has 17 heavy (non-hydrogen) atoms. The summed E-state index contributed by atoms with van der Waals surface area (Å²) in [5.74, 6) is 1.33. The fourth-order valence-corrected chi connectivity index (χ4v) is 1.53. The summed E-state index contributed by atoms with van der Waals surface area (Å²) in [5, 5.41) is 0. The summed E-state index contributed by atoms with van der Waals surface area (Å²) in [5.41, 5.74) is 2.33. The van der Waals surface area contributed by atoms with Gasteiger partial charge in [-0.25, -0.2) is 0 Å². The van der Waals surface area contributed by atoms with Crippen LogP contribution in [0.15, 0.2) is 59.2 Å². The Morgan fingerprint density at radius 2 is 2.06 bits per heavy atom. The molecule has 0 amide bonds. The number of benzene rings is 1. The normalized spacial score (nSPS) is 11.9. The number of allylic oxidation sites excluding steroid dienone is 4. The third-order valence-electron chi connectivity index (χ3n) is 2.34. The summed E-state index contributed by atoms with van der Waals surface area (Å²) in [6.45, 7) is 9.89. The number of hydrogen-bond donors (Lipinski definition) is 1. The second-order valence-corrected chi connectivity index (χ2v) is 4.39. The molecule has 1 nitrogen and oxygen atoms in total. The Morgan fingerprint density at radius 3 is 2.65 bits per heavy atom. The molecule has 0 atom stereocenters. The minimum absolute atomic E-state index is 0.602. The van der Waals surface area contributed by atoms with Crippen molar-refractivity contribution in [3.8, 4) is 5.75 Å². The molecule has 0 saturated heterocycles. The average molecular weight is 246 g/mol. The minimum Gasteiger partial charge on any atom is -0.457 e. The number of ether oxygens (including phenoxy) is 1. The second kappa shape index (κ2) is 6.36. The molecule has 0 N–H and O–H groups in total. The van der Waals surface area contributed by atoms with Gasteiger partial charge in [0.05, 0.1) is 0 Å². The molecular weight excluding hydrogens is 228 g/mol. The maximum atomic E-state index is 5.61.